The van der Waals surface area contributed by atoms with Crippen LogP contribution in [0.4, 0.5) is 11.4 Å². The first-order valence-corrected chi connectivity index (χ1v) is 14.0. The molecule has 1 spiro atoms. The number of Topliss-reactive ketones (excluding diaryl/α,β-unsaturated/α-hetero) is 2. The number of para-hydroxylation sites is 1. The number of aryl methyl sites for hydroxylation is 1. The summed E-state index contributed by atoms with van der Waals surface area (Å²) in [4.78, 5) is 50.4. The lowest BCUT2D eigenvalue weighted by Gasteiger charge is -2.39. The van der Waals surface area contributed by atoms with Crippen LogP contribution in [0.5, 0.6) is 5.75 Å². The standard InChI is InChI=1S/C35H29N3O4/c1-20-14-15-28-24(17-20)21(2)18-29-35(25-11-4-5-12-26(25)37-34(35)41)30(33(40)27-13-6-7-16-36-27)31(38(28)29)32(39)22-9-8-10-23(19-22)42-3/h4-19,29-31H,1-3H3,(H,37,41)/t29-,30+,31-,35-/m0/s1. The summed E-state index contributed by atoms with van der Waals surface area (Å²) in [5, 5.41) is 3.07. The van der Waals surface area contributed by atoms with Crippen LogP contribution in [-0.2, 0) is 10.2 Å². The van der Waals surface area contributed by atoms with Crippen molar-refractivity contribution >= 4 is 34.4 Å². The minimum Gasteiger partial charge on any atom is -0.497 e. The molecule has 3 aliphatic heterocycles. The second kappa shape index (κ2) is 9.52. The minimum atomic E-state index is -1.38. The molecule has 1 amide bonds. The number of pyridine rings is 1. The maximum absolute atomic E-state index is 14.8. The predicted molar refractivity (Wildman–Crippen MR) is 161 cm³/mol. The molecule has 3 aromatic carbocycles. The zero-order chi connectivity index (χ0) is 29.2. The van der Waals surface area contributed by atoms with Crippen molar-refractivity contribution in [3.05, 3.63) is 125 Å². The molecule has 42 heavy (non-hydrogen) atoms. The number of allylic oxidation sites excluding steroid dienone is 1. The lowest BCUT2D eigenvalue weighted by molar-refractivity contribution is -0.121. The van der Waals surface area contributed by atoms with Crippen LogP contribution >= 0.6 is 0 Å². The van der Waals surface area contributed by atoms with Crippen LogP contribution in [0.2, 0.25) is 0 Å². The average Bonchev–Trinajstić information content (AvgIpc) is 3.49. The number of benzene rings is 3. The van der Waals surface area contributed by atoms with Crippen molar-refractivity contribution in [3.63, 3.8) is 0 Å². The third-order valence-electron chi connectivity index (χ3n) is 8.95. The van der Waals surface area contributed by atoms with Gasteiger partial charge in [-0.25, -0.2) is 0 Å². The molecule has 4 aromatic rings. The van der Waals surface area contributed by atoms with E-state index in [0.29, 0.717) is 22.6 Å². The number of aromatic nitrogens is 1. The second-order valence-corrected chi connectivity index (χ2v) is 11.2. The molecule has 3 aliphatic rings. The molecular weight excluding hydrogens is 526 g/mol. The molecule has 0 aliphatic carbocycles. The van der Waals surface area contributed by atoms with E-state index in [-0.39, 0.29) is 23.2 Å². The fraction of sp³-hybridized carbons (Fsp3) is 0.200. The van der Waals surface area contributed by atoms with Crippen molar-refractivity contribution in [3.8, 4) is 5.75 Å². The summed E-state index contributed by atoms with van der Waals surface area (Å²) >= 11 is 0. The molecule has 1 saturated heterocycles. The quantitative estimate of drug-likeness (QED) is 0.321. The van der Waals surface area contributed by atoms with Gasteiger partial charge in [0.2, 0.25) is 5.91 Å². The van der Waals surface area contributed by atoms with Gasteiger partial charge in [0.05, 0.1) is 19.1 Å². The molecular formula is C35H29N3O4. The van der Waals surface area contributed by atoms with E-state index < -0.39 is 23.4 Å². The van der Waals surface area contributed by atoms with E-state index in [1.165, 1.54) is 0 Å². The molecule has 7 nitrogen and oxygen atoms in total. The predicted octanol–water partition coefficient (Wildman–Crippen LogP) is 5.64. The van der Waals surface area contributed by atoms with Gasteiger partial charge >= 0.3 is 0 Å². The molecule has 0 unspecified atom stereocenters. The number of carbonyl (C=O) groups is 3. The Kier molecular flexibility index (Phi) is 5.87. The molecule has 1 aromatic heterocycles. The van der Waals surface area contributed by atoms with E-state index in [9.17, 15) is 14.4 Å². The number of hydrogen-bond acceptors (Lipinski definition) is 6. The number of nitrogens with zero attached hydrogens (tertiary/aromatic N) is 2. The monoisotopic (exact) mass is 555 g/mol. The Morgan fingerprint density at radius 1 is 0.929 bits per heavy atom. The maximum atomic E-state index is 14.8. The number of hydrogen-bond donors (Lipinski definition) is 1. The fourth-order valence-electron chi connectivity index (χ4n) is 7.16. The van der Waals surface area contributed by atoms with Crippen LogP contribution in [-0.4, -0.2) is 41.7 Å². The highest BCUT2D eigenvalue weighted by Gasteiger charge is 2.70. The first kappa shape index (κ1) is 25.9. The molecule has 4 atom stereocenters. The zero-order valence-corrected chi connectivity index (χ0v) is 23.5. The summed E-state index contributed by atoms with van der Waals surface area (Å²) in [7, 11) is 1.55. The Bertz CT molecular complexity index is 1810. The summed E-state index contributed by atoms with van der Waals surface area (Å²) in [5.41, 5.74) is 4.46. The number of anilines is 2. The SMILES string of the molecule is COc1cccc(C(=O)[C@@H]2[C@H](C(=O)c3ccccn3)[C@@]3(C(=O)Nc4ccccc43)[C@@H]3C=C(C)c4cc(C)ccc4N23)c1. The zero-order valence-electron chi connectivity index (χ0n) is 23.5. The number of ketones is 2. The van der Waals surface area contributed by atoms with Gasteiger partial charge in [0.1, 0.15) is 22.9 Å². The molecule has 1 N–H and O–H groups in total. The van der Waals surface area contributed by atoms with Crippen LogP contribution in [0.3, 0.4) is 0 Å². The Balaban J connectivity index is 1.56. The topological polar surface area (TPSA) is 88.6 Å². The Labute approximate surface area is 243 Å². The maximum Gasteiger partial charge on any atom is 0.238 e. The van der Waals surface area contributed by atoms with Crippen LogP contribution < -0.4 is 15.0 Å². The molecule has 1 fully saturated rings. The second-order valence-electron chi connectivity index (χ2n) is 11.2. The van der Waals surface area contributed by atoms with Crippen molar-refractivity contribution in [2.45, 2.75) is 31.3 Å². The van der Waals surface area contributed by atoms with Crippen LogP contribution in [0, 0.1) is 12.8 Å². The van der Waals surface area contributed by atoms with Gasteiger partial charge in [-0.05, 0) is 67.4 Å². The van der Waals surface area contributed by atoms with Gasteiger partial charge in [-0.1, -0.05) is 54.1 Å². The molecule has 0 radical (unpaired) electrons. The summed E-state index contributed by atoms with van der Waals surface area (Å²) in [6.07, 6.45) is 3.62. The third kappa shape index (κ3) is 3.52. The van der Waals surface area contributed by atoms with Gasteiger partial charge in [0.25, 0.3) is 0 Å². The number of ether oxygens (including phenoxy) is 1. The highest BCUT2D eigenvalue weighted by molar-refractivity contribution is 6.18. The largest absolute Gasteiger partial charge is 0.497 e. The number of rotatable bonds is 5. The third-order valence-corrected chi connectivity index (χ3v) is 8.95. The lowest BCUT2D eigenvalue weighted by Crippen LogP contribution is -2.51. The molecule has 4 heterocycles. The van der Waals surface area contributed by atoms with Crippen LogP contribution in [0.1, 0.15) is 44.5 Å². The van der Waals surface area contributed by atoms with Gasteiger partial charge in [-0.3, -0.25) is 19.4 Å². The van der Waals surface area contributed by atoms with Crippen molar-refractivity contribution in [1.29, 1.82) is 0 Å². The minimum absolute atomic E-state index is 0.215. The number of methoxy groups -OCH3 is 1. The van der Waals surface area contributed by atoms with Crippen LogP contribution in [0.25, 0.3) is 5.57 Å². The molecule has 7 rings (SSSR count). The summed E-state index contributed by atoms with van der Waals surface area (Å²) in [6, 6.07) is 24.1. The number of amides is 1. The van der Waals surface area contributed by atoms with E-state index in [1.807, 2.05) is 55.1 Å². The highest BCUT2D eigenvalue weighted by atomic mass is 16.5. The van der Waals surface area contributed by atoms with Gasteiger partial charge in [-0.2, -0.15) is 0 Å². The average molecular weight is 556 g/mol. The van der Waals surface area contributed by atoms with Gasteiger partial charge < -0.3 is 15.0 Å². The van der Waals surface area contributed by atoms with E-state index >= 15 is 0 Å². The molecule has 0 bridgehead atoms. The Morgan fingerprint density at radius 3 is 2.52 bits per heavy atom. The van der Waals surface area contributed by atoms with E-state index in [1.54, 1.807) is 55.8 Å². The Hall–Kier alpha value is -5.04. The highest BCUT2D eigenvalue weighted by Crippen LogP contribution is 2.58. The van der Waals surface area contributed by atoms with Crippen LogP contribution in [0.15, 0.2) is 97.2 Å². The van der Waals surface area contributed by atoms with Crippen molar-refractivity contribution in [2.75, 3.05) is 17.3 Å². The lowest BCUT2D eigenvalue weighted by atomic mass is 9.64. The van der Waals surface area contributed by atoms with E-state index in [0.717, 1.165) is 22.4 Å². The van der Waals surface area contributed by atoms with Crippen molar-refractivity contribution in [2.24, 2.45) is 5.92 Å². The summed E-state index contributed by atoms with van der Waals surface area (Å²) in [6.45, 7) is 4.05. The molecule has 7 heteroatoms. The summed E-state index contributed by atoms with van der Waals surface area (Å²) < 4.78 is 5.44. The first-order valence-electron chi connectivity index (χ1n) is 14.0. The number of fused-ring (bicyclic) bond motifs is 6. The summed E-state index contributed by atoms with van der Waals surface area (Å²) in [5.74, 6) is -1.45. The van der Waals surface area contributed by atoms with Crippen molar-refractivity contribution in [1.82, 2.24) is 4.98 Å². The fourth-order valence-corrected chi connectivity index (χ4v) is 7.16. The first-order chi connectivity index (χ1) is 20.4. The molecule has 208 valence electrons. The number of nitrogens with one attached hydrogen (secondary N) is 1. The van der Waals surface area contributed by atoms with Gasteiger partial charge in [-0.15, -0.1) is 0 Å². The van der Waals surface area contributed by atoms with E-state index in [4.69, 9.17) is 4.74 Å². The van der Waals surface area contributed by atoms with E-state index in [2.05, 4.69) is 22.4 Å². The Morgan fingerprint density at radius 2 is 1.74 bits per heavy atom. The number of carbonyl (C=O) groups excluding carboxylic acids is 3. The van der Waals surface area contributed by atoms with Gasteiger partial charge in [0, 0.05) is 28.7 Å². The smallest absolute Gasteiger partial charge is 0.238 e. The molecule has 0 saturated carbocycles. The normalized spacial score (nSPS) is 23.5. The van der Waals surface area contributed by atoms with Gasteiger partial charge in [0.15, 0.2) is 11.6 Å². The van der Waals surface area contributed by atoms with Crippen molar-refractivity contribution < 1.29 is 19.1 Å².